The van der Waals surface area contributed by atoms with Gasteiger partial charge in [-0.15, -0.1) is 11.3 Å². The van der Waals surface area contributed by atoms with Crippen molar-refractivity contribution in [3.05, 3.63) is 17.0 Å². The Labute approximate surface area is 119 Å². The molecule has 0 saturated heterocycles. The second-order valence-corrected chi connectivity index (χ2v) is 7.99. The van der Waals surface area contributed by atoms with Crippen LogP contribution in [0, 0.1) is 5.92 Å². The molecule has 2 rings (SSSR count). The summed E-state index contributed by atoms with van der Waals surface area (Å²) in [5, 5.41) is 5.19. The van der Waals surface area contributed by atoms with Gasteiger partial charge >= 0.3 is 0 Å². The van der Waals surface area contributed by atoms with E-state index in [0.29, 0.717) is 10.8 Å². The molecule has 0 atom stereocenters. The van der Waals surface area contributed by atoms with Crippen molar-refractivity contribution in [3.8, 4) is 0 Å². The van der Waals surface area contributed by atoms with Crippen molar-refractivity contribution in [1.29, 1.82) is 0 Å². The number of thiophene rings is 1. The smallest absolute Gasteiger partial charge is 0.250 e. The van der Waals surface area contributed by atoms with Gasteiger partial charge in [0.05, 0.1) is 0 Å². The van der Waals surface area contributed by atoms with Crippen molar-refractivity contribution >= 4 is 21.4 Å². The van der Waals surface area contributed by atoms with Crippen LogP contribution < -0.4 is 10.0 Å². The summed E-state index contributed by atoms with van der Waals surface area (Å²) in [7, 11) is -3.30. The van der Waals surface area contributed by atoms with Crippen molar-refractivity contribution in [3.63, 3.8) is 0 Å². The molecule has 1 saturated carbocycles. The molecule has 2 N–H and O–H groups in total. The topological polar surface area (TPSA) is 58.2 Å². The molecule has 19 heavy (non-hydrogen) atoms. The maximum Gasteiger partial charge on any atom is 0.250 e. The lowest BCUT2D eigenvalue weighted by Gasteiger charge is -2.03. The molecule has 1 heterocycles. The monoisotopic (exact) mass is 302 g/mol. The average Bonchev–Trinajstić information content (AvgIpc) is 3.05. The summed E-state index contributed by atoms with van der Waals surface area (Å²) in [4.78, 5) is 0. The van der Waals surface area contributed by atoms with Gasteiger partial charge in [-0.3, -0.25) is 0 Å². The highest BCUT2D eigenvalue weighted by Crippen LogP contribution is 2.32. The molecular weight excluding hydrogens is 280 g/mol. The van der Waals surface area contributed by atoms with Crippen LogP contribution in [0.2, 0.25) is 0 Å². The van der Waals surface area contributed by atoms with Gasteiger partial charge in [0.2, 0.25) is 10.0 Å². The Balaban J connectivity index is 1.84. The Morgan fingerprint density at radius 2 is 2.16 bits per heavy atom. The van der Waals surface area contributed by atoms with Crippen LogP contribution in [0.1, 0.15) is 38.2 Å². The molecule has 1 aliphatic rings. The number of nitrogens with one attached hydrogen (secondary N) is 2. The van der Waals surface area contributed by atoms with Crippen molar-refractivity contribution in [2.45, 2.75) is 43.4 Å². The van der Waals surface area contributed by atoms with Crippen LogP contribution in [-0.4, -0.2) is 21.5 Å². The van der Waals surface area contributed by atoms with E-state index in [9.17, 15) is 8.42 Å². The molecule has 0 aromatic carbocycles. The van der Waals surface area contributed by atoms with Crippen molar-refractivity contribution in [1.82, 2.24) is 10.0 Å². The van der Waals surface area contributed by atoms with Gasteiger partial charge in [0.15, 0.2) is 0 Å². The van der Waals surface area contributed by atoms with Crippen LogP contribution >= 0.6 is 11.3 Å². The lowest BCUT2D eigenvalue weighted by Crippen LogP contribution is -2.24. The van der Waals surface area contributed by atoms with E-state index in [0.717, 1.165) is 37.4 Å². The van der Waals surface area contributed by atoms with E-state index < -0.39 is 10.0 Å². The summed E-state index contributed by atoms with van der Waals surface area (Å²) in [6.07, 6.45) is 4.56. The Morgan fingerprint density at radius 3 is 2.84 bits per heavy atom. The van der Waals surface area contributed by atoms with Crippen LogP contribution in [0.25, 0.3) is 0 Å². The van der Waals surface area contributed by atoms with E-state index in [2.05, 4.69) is 17.0 Å². The first kappa shape index (κ1) is 15.0. The van der Waals surface area contributed by atoms with Gasteiger partial charge in [0, 0.05) is 13.1 Å². The van der Waals surface area contributed by atoms with Crippen molar-refractivity contribution in [2.24, 2.45) is 5.92 Å². The lowest BCUT2D eigenvalue weighted by molar-refractivity contribution is 0.577. The zero-order valence-electron chi connectivity index (χ0n) is 11.3. The van der Waals surface area contributed by atoms with Crippen LogP contribution in [0.5, 0.6) is 0 Å². The Kier molecular flexibility index (Phi) is 5.38. The third-order valence-corrected chi connectivity index (χ3v) is 6.14. The minimum Gasteiger partial charge on any atom is -0.313 e. The van der Waals surface area contributed by atoms with E-state index in [4.69, 9.17) is 0 Å². The highest BCUT2D eigenvalue weighted by Gasteiger charge is 2.22. The maximum atomic E-state index is 12.1. The van der Waals surface area contributed by atoms with E-state index >= 15 is 0 Å². The molecular formula is C13H22N2O2S2. The van der Waals surface area contributed by atoms with E-state index in [1.807, 2.05) is 5.38 Å². The Morgan fingerprint density at radius 1 is 1.37 bits per heavy atom. The Bertz CT molecular complexity index is 492. The number of hydrogen-bond acceptors (Lipinski definition) is 4. The summed E-state index contributed by atoms with van der Waals surface area (Å²) in [6.45, 7) is 4.37. The Hall–Kier alpha value is -0.430. The summed E-state index contributed by atoms with van der Waals surface area (Å²) in [5.41, 5.74) is 1.04. The summed E-state index contributed by atoms with van der Waals surface area (Å²) in [6, 6.07) is 1.77. The number of hydrogen-bond donors (Lipinski definition) is 2. The fourth-order valence-corrected chi connectivity index (χ4v) is 4.17. The molecule has 4 nitrogen and oxygen atoms in total. The summed E-state index contributed by atoms with van der Waals surface area (Å²) < 4.78 is 27.2. The fraction of sp³-hybridized carbons (Fsp3) is 0.692. The van der Waals surface area contributed by atoms with Gasteiger partial charge in [-0.05, 0) is 42.3 Å². The van der Waals surface area contributed by atoms with Gasteiger partial charge in [0.1, 0.15) is 4.21 Å². The standard InChI is InChI=1S/C13H22N2O2S2/c1-2-6-14-9-12-8-13(18-10-12)19(16,17)15-7-5-11-3-4-11/h8,10-11,14-15H,2-7,9H2,1H3. The second kappa shape index (κ2) is 6.83. The van der Waals surface area contributed by atoms with Crippen LogP contribution in [0.3, 0.4) is 0 Å². The first-order valence-electron chi connectivity index (χ1n) is 6.89. The molecule has 1 aromatic heterocycles. The van der Waals surface area contributed by atoms with Gasteiger partial charge < -0.3 is 5.32 Å². The summed E-state index contributed by atoms with van der Waals surface area (Å²) in [5.74, 6) is 0.750. The van der Waals surface area contributed by atoms with Crippen LogP contribution in [0.15, 0.2) is 15.7 Å². The zero-order valence-corrected chi connectivity index (χ0v) is 12.9. The largest absolute Gasteiger partial charge is 0.313 e. The van der Waals surface area contributed by atoms with Crippen molar-refractivity contribution < 1.29 is 8.42 Å². The van der Waals surface area contributed by atoms with Gasteiger partial charge in [-0.2, -0.15) is 0 Å². The molecule has 6 heteroatoms. The maximum absolute atomic E-state index is 12.1. The highest BCUT2D eigenvalue weighted by molar-refractivity contribution is 7.91. The molecule has 108 valence electrons. The molecule has 1 aliphatic carbocycles. The van der Waals surface area contributed by atoms with Gasteiger partial charge in [-0.1, -0.05) is 19.8 Å². The second-order valence-electron chi connectivity index (χ2n) is 5.08. The molecule has 0 unspecified atom stereocenters. The first-order valence-corrected chi connectivity index (χ1v) is 9.26. The van der Waals surface area contributed by atoms with E-state index in [1.54, 1.807) is 6.07 Å². The molecule has 0 bridgehead atoms. The average molecular weight is 302 g/mol. The number of sulfonamides is 1. The first-order chi connectivity index (χ1) is 9.12. The number of rotatable bonds is 9. The molecule has 0 aliphatic heterocycles. The van der Waals surface area contributed by atoms with E-state index in [1.165, 1.54) is 24.2 Å². The molecule has 0 amide bonds. The molecule has 0 radical (unpaired) electrons. The fourth-order valence-electron chi connectivity index (χ4n) is 1.87. The van der Waals surface area contributed by atoms with Crippen molar-refractivity contribution in [2.75, 3.05) is 13.1 Å². The van der Waals surface area contributed by atoms with Crippen LogP contribution in [-0.2, 0) is 16.6 Å². The highest BCUT2D eigenvalue weighted by atomic mass is 32.2. The predicted octanol–water partition coefficient (Wildman–Crippen LogP) is 2.33. The van der Waals surface area contributed by atoms with Crippen LogP contribution in [0.4, 0.5) is 0 Å². The minimum atomic E-state index is -3.30. The summed E-state index contributed by atoms with van der Waals surface area (Å²) >= 11 is 1.30. The normalized spacial score (nSPS) is 15.8. The predicted molar refractivity (Wildman–Crippen MR) is 78.8 cm³/mol. The molecule has 0 spiro atoms. The quantitative estimate of drug-likeness (QED) is 0.688. The lowest BCUT2D eigenvalue weighted by atomic mass is 10.3. The van der Waals surface area contributed by atoms with E-state index in [-0.39, 0.29) is 0 Å². The SMILES string of the molecule is CCCNCc1csc(S(=O)(=O)NCCC2CC2)c1. The van der Waals surface area contributed by atoms with Gasteiger partial charge in [-0.25, -0.2) is 13.1 Å². The third-order valence-electron chi connectivity index (χ3n) is 3.19. The van der Waals surface area contributed by atoms with Gasteiger partial charge in [0.25, 0.3) is 0 Å². The minimum absolute atomic E-state index is 0.427. The third kappa shape index (κ3) is 4.87. The molecule has 1 aromatic rings. The zero-order chi connectivity index (χ0) is 13.7. The molecule has 1 fully saturated rings.